The maximum absolute atomic E-state index is 12.7. The molecule has 1 aromatic rings. The van der Waals surface area contributed by atoms with Crippen molar-refractivity contribution in [3.05, 3.63) is 41.9 Å². The van der Waals surface area contributed by atoms with E-state index in [1.807, 2.05) is 25.9 Å². The molecular formula is C25H36F3N5O6. The highest BCUT2D eigenvalue weighted by atomic mass is 19.4. The van der Waals surface area contributed by atoms with E-state index in [-0.39, 0.29) is 36.7 Å². The maximum Gasteiger partial charge on any atom is 0.471 e. The molecule has 0 saturated carbocycles. The number of carbonyl (C=O) groups excluding carboxylic acids is 4. The molecule has 218 valence electrons. The van der Waals surface area contributed by atoms with Crippen molar-refractivity contribution in [2.45, 2.75) is 45.5 Å². The summed E-state index contributed by atoms with van der Waals surface area (Å²) in [4.78, 5) is 56.1. The molecule has 0 radical (unpaired) electrons. The van der Waals surface area contributed by atoms with Crippen LogP contribution in [0.1, 0.15) is 42.7 Å². The summed E-state index contributed by atoms with van der Waals surface area (Å²) in [5.41, 5.74) is 0.510. The molecule has 1 rings (SSSR count). The molecule has 0 aliphatic rings. The first kappa shape index (κ1) is 33.5. The first-order chi connectivity index (χ1) is 18.2. The van der Waals surface area contributed by atoms with Gasteiger partial charge in [0.25, 0.3) is 0 Å². The van der Waals surface area contributed by atoms with Crippen molar-refractivity contribution in [2.24, 2.45) is 0 Å². The first-order valence-electron chi connectivity index (χ1n) is 12.2. The number of esters is 2. The summed E-state index contributed by atoms with van der Waals surface area (Å²) in [6.45, 7) is 8.36. The average molecular weight is 560 g/mol. The Kier molecular flexibility index (Phi) is 14.1. The van der Waals surface area contributed by atoms with E-state index >= 15 is 0 Å². The smallest absolute Gasteiger partial charge is 0.458 e. The second-order valence-corrected chi connectivity index (χ2v) is 8.87. The Morgan fingerprint density at radius 1 is 1.18 bits per heavy atom. The molecule has 1 heterocycles. The van der Waals surface area contributed by atoms with E-state index in [2.05, 4.69) is 16.9 Å². The van der Waals surface area contributed by atoms with Crippen molar-refractivity contribution in [3.8, 4) is 0 Å². The summed E-state index contributed by atoms with van der Waals surface area (Å²) in [6.07, 6.45) is -5.64. The van der Waals surface area contributed by atoms with Gasteiger partial charge >= 0.3 is 24.0 Å². The van der Waals surface area contributed by atoms with Gasteiger partial charge in [-0.15, -0.1) is 0 Å². The molecule has 0 aliphatic heterocycles. The molecule has 2 amide bonds. The number of nitrogens with one attached hydrogen (secondary N) is 2. The van der Waals surface area contributed by atoms with E-state index in [4.69, 9.17) is 9.47 Å². The summed E-state index contributed by atoms with van der Waals surface area (Å²) in [5, 5.41) is 4.66. The number of halogens is 3. The summed E-state index contributed by atoms with van der Waals surface area (Å²) in [6, 6.07) is 2.80. The second-order valence-electron chi connectivity index (χ2n) is 8.87. The number of hydrogen-bond acceptors (Lipinski definition) is 9. The molecule has 0 fully saturated rings. The van der Waals surface area contributed by atoms with Gasteiger partial charge in [-0.3, -0.25) is 19.4 Å². The van der Waals surface area contributed by atoms with Crippen molar-refractivity contribution in [3.63, 3.8) is 0 Å². The first-order valence-corrected chi connectivity index (χ1v) is 12.2. The summed E-state index contributed by atoms with van der Waals surface area (Å²) >= 11 is 0. The number of carbonyl (C=O) groups is 4. The maximum atomic E-state index is 12.7. The number of alkyl halides is 3. The van der Waals surface area contributed by atoms with Crippen molar-refractivity contribution in [2.75, 3.05) is 46.8 Å². The van der Waals surface area contributed by atoms with Crippen LogP contribution in [0.3, 0.4) is 0 Å². The Bertz CT molecular complexity index is 1000. The average Bonchev–Trinajstić information content (AvgIpc) is 2.83. The lowest BCUT2D eigenvalue weighted by molar-refractivity contribution is -0.173. The van der Waals surface area contributed by atoms with Gasteiger partial charge in [-0.1, -0.05) is 6.58 Å². The van der Waals surface area contributed by atoms with Crippen molar-refractivity contribution in [1.29, 1.82) is 0 Å². The Labute approximate surface area is 225 Å². The van der Waals surface area contributed by atoms with Gasteiger partial charge in [0.05, 0.1) is 30.0 Å². The van der Waals surface area contributed by atoms with E-state index < -0.39 is 43.1 Å². The largest absolute Gasteiger partial charge is 0.471 e. The number of aromatic nitrogens is 1. The van der Waals surface area contributed by atoms with Crippen LogP contribution in [0.5, 0.6) is 0 Å². The third-order valence-corrected chi connectivity index (χ3v) is 5.15. The van der Waals surface area contributed by atoms with E-state index in [1.165, 1.54) is 25.3 Å². The zero-order chi connectivity index (χ0) is 29.6. The predicted molar refractivity (Wildman–Crippen MR) is 135 cm³/mol. The Balaban J connectivity index is 2.77. The molecule has 14 heteroatoms. The minimum atomic E-state index is -5.07. The molecule has 0 aromatic carbocycles. The normalized spacial score (nSPS) is 12.0. The van der Waals surface area contributed by atoms with Crippen LogP contribution in [0.25, 0.3) is 0 Å². The molecule has 0 bridgehead atoms. The number of pyridine rings is 1. The van der Waals surface area contributed by atoms with Crippen LogP contribution in [0.2, 0.25) is 0 Å². The molecule has 2 N–H and O–H groups in total. The molecule has 1 unspecified atom stereocenters. The lowest BCUT2D eigenvalue weighted by Gasteiger charge is -2.23. The fourth-order valence-electron chi connectivity index (χ4n) is 3.18. The SMILES string of the molecule is C=C(C)OC(=O)CC(CCNC(=O)C(F)(F)F)OC(=O)c1ccnc(CNCC(=O)N(CC)CCN(C)C)c1. The zero-order valence-corrected chi connectivity index (χ0v) is 22.6. The fraction of sp³-hybridized carbons (Fsp3) is 0.560. The quantitative estimate of drug-likeness (QED) is 0.229. The minimum absolute atomic E-state index is 0.0637. The van der Waals surface area contributed by atoms with E-state index in [9.17, 15) is 32.3 Å². The highest BCUT2D eigenvalue weighted by Crippen LogP contribution is 2.15. The molecule has 0 aliphatic carbocycles. The fourth-order valence-corrected chi connectivity index (χ4v) is 3.18. The second kappa shape index (κ2) is 16.4. The van der Waals surface area contributed by atoms with Crippen LogP contribution < -0.4 is 10.6 Å². The number of rotatable bonds is 16. The van der Waals surface area contributed by atoms with Gasteiger partial charge in [-0.2, -0.15) is 13.2 Å². The number of hydrogen-bond donors (Lipinski definition) is 2. The summed E-state index contributed by atoms with van der Waals surface area (Å²) < 4.78 is 47.5. The Morgan fingerprint density at radius 3 is 2.46 bits per heavy atom. The predicted octanol–water partition coefficient (Wildman–Crippen LogP) is 1.64. The van der Waals surface area contributed by atoms with Gasteiger partial charge in [0, 0.05) is 45.3 Å². The zero-order valence-electron chi connectivity index (χ0n) is 22.6. The monoisotopic (exact) mass is 559 g/mol. The number of likely N-dealkylation sites (N-methyl/N-ethyl adjacent to an activating group) is 2. The topological polar surface area (TPSA) is 130 Å². The van der Waals surface area contributed by atoms with E-state index in [0.29, 0.717) is 18.8 Å². The van der Waals surface area contributed by atoms with Crippen molar-refractivity contribution in [1.82, 2.24) is 25.4 Å². The number of allylic oxidation sites excluding steroid dienone is 1. The number of nitrogens with zero attached hydrogens (tertiary/aromatic N) is 3. The third-order valence-electron chi connectivity index (χ3n) is 5.15. The third kappa shape index (κ3) is 13.7. The number of amides is 2. The van der Waals surface area contributed by atoms with Gasteiger partial charge in [0.1, 0.15) is 6.10 Å². The van der Waals surface area contributed by atoms with Crippen LogP contribution in [-0.2, 0) is 30.4 Å². The Hall–Kier alpha value is -3.52. The molecule has 1 atom stereocenters. The molecule has 0 spiro atoms. The number of ether oxygens (including phenoxy) is 2. The van der Waals surface area contributed by atoms with Gasteiger partial charge in [0.15, 0.2) is 0 Å². The molecular weight excluding hydrogens is 523 g/mol. The summed E-state index contributed by atoms with van der Waals surface area (Å²) in [5.74, 6) is -3.82. The van der Waals surface area contributed by atoms with E-state index in [1.54, 1.807) is 10.2 Å². The molecule has 0 saturated heterocycles. The summed E-state index contributed by atoms with van der Waals surface area (Å²) in [7, 11) is 3.84. The molecule has 1 aromatic heterocycles. The van der Waals surface area contributed by atoms with Crippen LogP contribution in [0, 0.1) is 0 Å². The van der Waals surface area contributed by atoms with Crippen molar-refractivity contribution >= 4 is 23.8 Å². The van der Waals surface area contributed by atoms with Crippen LogP contribution in [0.4, 0.5) is 13.2 Å². The lowest BCUT2D eigenvalue weighted by atomic mass is 10.1. The molecule has 11 nitrogen and oxygen atoms in total. The van der Waals surface area contributed by atoms with Crippen LogP contribution in [-0.4, -0.2) is 97.6 Å². The van der Waals surface area contributed by atoms with Gasteiger partial charge < -0.3 is 29.9 Å². The van der Waals surface area contributed by atoms with Crippen LogP contribution in [0.15, 0.2) is 30.7 Å². The van der Waals surface area contributed by atoms with Crippen molar-refractivity contribution < 1.29 is 41.8 Å². The molecule has 39 heavy (non-hydrogen) atoms. The standard InChI is InChI=1S/C25H36F3N5O6/c1-6-33(12-11-32(4)5)21(34)16-29-15-19-13-18(7-9-30-19)23(36)39-20(14-22(35)38-17(2)3)8-10-31-24(37)25(26,27)28/h7,9,13,20,29H,2,6,8,10-12,14-16H2,1,3-5H3,(H,31,37). The van der Waals surface area contributed by atoms with E-state index in [0.717, 1.165) is 6.54 Å². The van der Waals surface area contributed by atoms with Crippen LogP contribution >= 0.6 is 0 Å². The lowest BCUT2D eigenvalue weighted by Crippen LogP contribution is -2.41. The van der Waals surface area contributed by atoms with Gasteiger partial charge in [-0.25, -0.2) is 4.79 Å². The Morgan fingerprint density at radius 2 is 1.87 bits per heavy atom. The highest BCUT2D eigenvalue weighted by Gasteiger charge is 2.38. The minimum Gasteiger partial charge on any atom is -0.458 e. The van der Waals surface area contributed by atoms with Gasteiger partial charge in [0.2, 0.25) is 5.91 Å². The highest BCUT2D eigenvalue weighted by molar-refractivity contribution is 5.89. The van der Waals surface area contributed by atoms with Gasteiger partial charge in [-0.05, 0) is 40.1 Å².